The molecule has 0 aromatic heterocycles. The summed E-state index contributed by atoms with van der Waals surface area (Å²) in [4.78, 5) is 12.4. The van der Waals surface area contributed by atoms with Crippen LogP contribution in [0.2, 0.25) is 0 Å². The molecule has 1 saturated carbocycles. The molecule has 1 aromatic rings. The lowest BCUT2D eigenvalue weighted by Crippen LogP contribution is -2.42. The van der Waals surface area contributed by atoms with Crippen LogP contribution in [0.1, 0.15) is 49.4 Å². The second kappa shape index (κ2) is 6.64. The van der Waals surface area contributed by atoms with Crippen molar-refractivity contribution in [2.24, 2.45) is 5.92 Å². The van der Waals surface area contributed by atoms with Gasteiger partial charge < -0.3 is 15.8 Å². The zero-order valence-corrected chi connectivity index (χ0v) is 12.3. The second-order valence-corrected chi connectivity index (χ2v) is 5.45. The molecule has 0 spiro atoms. The maximum atomic E-state index is 12.4. The van der Waals surface area contributed by atoms with Crippen molar-refractivity contribution in [3.8, 4) is 5.75 Å². The molecular formula is C16H24N2O2. The molecule has 3 N–H and O–H groups in total. The SMILES string of the molecule is CCC1CCCCC1NC(=O)c1cccc(OC)c1N. The molecule has 0 radical (unpaired) electrons. The van der Waals surface area contributed by atoms with Crippen LogP contribution in [0.15, 0.2) is 18.2 Å². The van der Waals surface area contributed by atoms with E-state index in [0.717, 1.165) is 12.8 Å². The van der Waals surface area contributed by atoms with Gasteiger partial charge in [-0.3, -0.25) is 4.79 Å². The van der Waals surface area contributed by atoms with Crippen LogP contribution >= 0.6 is 0 Å². The number of carbonyl (C=O) groups excluding carboxylic acids is 1. The largest absolute Gasteiger partial charge is 0.495 e. The highest BCUT2D eigenvalue weighted by atomic mass is 16.5. The molecule has 2 rings (SSSR count). The van der Waals surface area contributed by atoms with Crippen molar-refractivity contribution in [1.82, 2.24) is 5.32 Å². The zero-order valence-electron chi connectivity index (χ0n) is 12.3. The molecule has 0 bridgehead atoms. The number of para-hydroxylation sites is 1. The van der Waals surface area contributed by atoms with E-state index in [1.165, 1.54) is 19.3 Å². The van der Waals surface area contributed by atoms with E-state index in [1.54, 1.807) is 25.3 Å². The molecule has 1 aliphatic carbocycles. The fourth-order valence-electron chi connectivity index (χ4n) is 3.05. The summed E-state index contributed by atoms with van der Waals surface area (Å²) in [5.74, 6) is 1.04. The van der Waals surface area contributed by atoms with E-state index in [1.807, 2.05) is 0 Å². The van der Waals surface area contributed by atoms with Crippen LogP contribution in [0.5, 0.6) is 5.75 Å². The molecule has 1 aliphatic rings. The van der Waals surface area contributed by atoms with E-state index < -0.39 is 0 Å². The molecule has 0 saturated heterocycles. The van der Waals surface area contributed by atoms with Crippen molar-refractivity contribution in [3.63, 3.8) is 0 Å². The first-order valence-corrected chi connectivity index (χ1v) is 7.40. The highest BCUT2D eigenvalue weighted by Crippen LogP contribution is 2.28. The number of ether oxygens (including phenoxy) is 1. The van der Waals surface area contributed by atoms with Gasteiger partial charge in [0.05, 0.1) is 18.4 Å². The average molecular weight is 276 g/mol. The minimum Gasteiger partial charge on any atom is -0.495 e. The molecule has 110 valence electrons. The van der Waals surface area contributed by atoms with Crippen molar-refractivity contribution < 1.29 is 9.53 Å². The van der Waals surface area contributed by atoms with Crippen molar-refractivity contribution in [1.29, 1.82) is 0 Å². The number of nitrogen functional groups attached to an aromatic ring is 1. The van der Waals surface area contributed by atoms with Crippen LogP contribution in [0.3, 0.4) is 0 Å². The summed E-state index contributed by atoms with van der Waals surface area (Å²) in [6.07, 6.45) is 5.84. The third-order valence-electron chi connectivity index (χ3n) is 4.28. The Labute approximate surface area is 120 Å². The summed E-state index contributed by atoms with van der Waals surface area (Å²) in [6.45, 7) is 2.19. The van der Waals surface area contributed by atoms with Crippen LogP contribution < -0.4 is 15.8 Å². The second-order valence-electron chi connectivity index (χ2n) is 5.45. The summed E-state index contributed by atoms with van der Waals surface area (Å²) in [5.41, 5.74) is 6.90. The van der Waals surface area contributed by atoms with Gasteiger partial charge in [0.15, 0.2) is 0 Å². The Morgan fingerprint density at radius 2 is 2.15 bits per heavy atom. The lowest BCUT2D eigenvalue weighted by atomic mass is 9.83. The van der Waals surface area contributed by atoms with E-state index in [-0.39, 0.29) is 11.9 Å². The quantitative estimate of drug-likeness (QED) is 0.831. The number of rotatable bonds is 4. The van der Waals surface area contributed by atoms with Gasteiger partial charge in [0.2, 0.25) is 0 Å². The van der Waals surface area contributed by atoms with E-state index >= 15 is 0 Å². The van der Waals surface area contributed by atoms with Crippen molar-refractivity contribution >= 4 is 11.6 Å². The number of amides is 1. The summed E-state index contributed by atoms with van der Waals surface area (Å²) < 4.78 is 5.16. The Kier molecular flexibility index (Phi) is 4.88. The lowest BCUT2D eigenvalue weighted by Gasteiger charge is -2.31. The van der Waals surface area contributed by atoms with Gasteiger partial charge in [0, 0.05) is 6.04 Å². The number of anilines is 1. The molecule has 1 aromatic carbocycles. The predicted octanol–water partition coefficient (Wildman–Crippen LogP) is 2.98. The van der Waals surface area contributed by atoms with Gasteiger partial charge in [-0.2, -0.15) is 0 Å². The third kappa shape index (κ3) is 3.06. The Balaban J connectivity index is 2.11. The maximum Gasteiger partial charge on any atom is 0.253 e. The van der Waals surface area contributed by atoms with Gasteiger partial charge in [-0.1, -0.05) is 32.3 Å². The molecule has 20 heavy (non-hydrogen) atoms. The van der Waals surface area contributed by atoms with Gasteiger partial charge in [0.25, 0.3) is 5.91 Å². The molecule has 4 heteroatoms. The Morgan fingerprint density at radius 1 is 1.40 bits per heavy atom. The first kappa shape index (κ1) is 14.7. The number of carbonyl (C=O) groups is 1. The molecule has 2 atom stereocenters. The maximum absolute atomic E-state index is 12.4. The minimum absolute atomic E-state index is 0.0910. The van der Waals surface area contributed by atoms with Crippen LogP contribution in [-0.2, 0) is 0 Å². The fraction of sp³-hybridized carbons (Fsp3) is 0.562. The molecule has 4 nitrogen and oxygen atoms in total. The Morgan fingerprint density at radius 3 is 2.85 bits per heavy atom. The van der Waals surface area contributed by atoms with E-state index in [2.05, 4.69) is 12.2 Å². The van der Waals surface area contributed by atoms with Gasteiger partial charge in [-0.05, 0) is 30.9 Å². The fourth-order valence-corrected chi connectivity index (χ4v) is 3.05. The van der Waals surface area contributed by atoms with E-state index in [9.17, 15) is 4.79 Å². The number of nitrogens with two attached hydrogens (primary N) is 1. The molecule has 0 heterocycles. The minimum atomic E-state index is -0.0910. The van der Waals surface area contributed by atoms with Crippen molar-refractivity contribution in [3.05, 3.63) is 23.8 Å². The molecule has 1 fully saturated rings. The summed E-state index contributed by atoms with van der Waals surface area (Å²) in [6, 6.07) is 5.58. The van der Waals surface area contributed by atoms with E-state index in [4.69, 9.17) is 10.5 Å². The molecule has 2 unspecified atom stereocenters. The highest BCUT2D eigenvalue weighted by Gasteiger charge is 2.26. The summed E-state index contributed by atoms with van der Waals surface area (Å²) in [7, 11) is 1.56. The molecule has 0 aliphatic heterocycles. The van der Waals surface area contributed by atoms with Gasteiger partial charge in [-0.25, -0.2) is 0 Å². The normalized spacial score (nSPS) is 22.3. The number of benzene rings is 1. The smallest absolute Gasteiger partial charge is 0.253 e. The number of methoxy groups -OCH3 is 1. The summed E-state index contributed by atoms with van der Waals surface area (Å²) in [5, 5.41) is 3.15. The lowest BCUT2D eigenvalue weighted by molar-refractivity contribution is 0.0905. The summed E-state index contributed by atoms with van der Waals surface area (Å²) >= 11 is 0. The van der Waals surface area contributed by atoms with Crippen LogP contribution in [0, 0.1) is 5.92 Å². The number of hydrogen-bond acceptors (Lipinski definition) is 3. The van der Waals surface area contributed by atoms with Gasteiger partial charge in [-0.15, -0.1) is 0 Å². The Bertz CT molecular complexity index is 474. The first-order chi connectivity index (χ1) is 9.67. The topological polar surface area (TPSA) is 64.3 Å². The van der Waals surface area contributed by atoms with Crippen molar-refractivity contribution in [2.75, 3.05) is 12.8 Å². The first-order valence-electron chi connectivity index (χ1n) is 7.40. The van der Waals surface area contributed by atoms with Gasteiger partial charge >= 0.3 is 0 Å². The monoisotopic (exact) mass is 276 g/mol. The van der Waals surface area contributed by atoms with Crippen LogP contribution in [0.4, 0.5) is 5.69 Å². The van der Waals surface area contributed by atoms with Gasteiger partial charge in [0.1, 0.15) is 5.75 Å². The van der Waals surface area contributed by atoms with Crippen molar-refractivity contribution in [2.45, 2.75) is 45.1 Å². The number of hydrogen-bond donors (Lipinski definition) is 2. The number of nitrogens with one attached hydrogen (secondary N) is 1. The third-order valence-corrected chi connectivity index (χ3v) is 4.28. The Hall–Kier alpha value is -1.71. The standard InChI is InChI=1S/C16H24N2O2/c1-3-11-7-4-5-9-13(11)18-16(19)12-8-6-10-14(20-2)15(12)17/h6,8,10-11,13H,3-5,7,9,17H2,1-2H3,(H,18,19). The highest BCUT2D eigenvalue weighted by molar-refractivity contribution is 6.00. The molecule has 1 amide bonds. The van der Waals surface area contributed by atoms with Crippen LogP contribution in [0.25, 0.3) is 0 Å². The predicted molar refractivity (Wildman–Crippen MR) is 80.9 cm³/mol. The van der Waals surface area contributed by atoms with Crippen LogP contribution in [-0.4, -0.2) is 19.1 Å². The average Bonchev–Trinajstić information content (AvgIpc) is 2.48. The van der Waals surface area contributed by atoms with E-state index in [0.29, 0.717) is 22.9 Å². The molecular weight excluding hydrogens is 252 g/mol. The zero-order chi connectivity index (χ0) is 14.5.